The van der Waals surface area contributed by atoms with Gasteiger partial charge in [0.25, 0.3) is 11.5 Å². The Hall–Kier alpha value is -2.75. The molecule has 2 aromatic rings. The van der Waals surface area contributed by atoms with Gasteiger partial charge in [0, 0.05) is 17.8 Å². The van der Waals surface area contributed by atoms with Gasteiger partial charge in [-0.05, 0) is 12.5 Å². The van der Waals surface area contributed by atoms with Crippen LogP contribution in [0.4, 0.5) is 4.39 Å². The molecule has 1 aliphatic heterocycles. The summed E-state index contributed by atoms with van der Waals surface area (Å²) in [5.41, 5.74) is -1.88. The van der Waals surface area contributed by atoms with Gasteiger partial charge in [-0.1, -0.05) is 18.2 Å². The number of rotatable bonds is 4. The number of nitrogens with zero attached hydrogens (tertiary/aromatic N) is 1. The third-order valence-corrected chi connectivity index (χ3v) is 5.93. The summed E-state index contributed by atoms with van der Waals surface area (Å²) >= 11 is 0. The highest BCUT2D eigenvalue weighted by molar-refractivity contribution is 7.91. The Balaban J connectivity index is 1.88. The third kappa shape index (κ3) is 3.74. The van der Waals surface area contributed by atoms with Crippen LogP contribution in [-0.4, -0.2) is 41.4 Å². The SMILES string of the molecule is O=C(NC1CCS(=O)(=O)C1)c1c[nH]c(=O)n(Cc2ccccc2F)c1=O. The molecule has 0 spiro atoms. The Bertz CT molecular complexity index is 1070. The smallest absolute Gasteiger partial charge is 0.328 e. The van der Waals surface area contributed by atoms with Crippen LogP contribution in [0, 0.1) is 5.82 Å². The Kier molecular flexibility index (Phi) is 4.77. The molecule has 0 aliphatic carbocycles. The lowest BCUT2D eigenvalue weighted by Crippen LogP contribution is -2.43. The van der Waals surface area contributed by atoms with E-state index in [9.17, 15) is 27.2 Å². The normalized spacial score (nSPS) is 18.6. The number of halogens is 1. The Morgan fingerprint density at radius 2 is 2.04 bits per heavy atom. The van der Waals surface area contributed by atoms with Gasteiger partial charge in [0.2, 0.25) is 0 Å². The fourth-order valence-corrected chi connectivity index (χ4v) is 4.46. The Morgan fingerprint density at radius 1 is 1.31 bits per heavy atom. The average Bonchev–Trinajstić information content (AvgIpc) is 2.91. The zero-order chi connectivity index (χ0) is 18.9. The van der Waals surface area contributed by atoms with Gasteiger partial charge in [-0.15, -0.1) is 0 Å². The molecule has 0 bridgehead atoms. The van der Waals surface area contributed by atoms with E-state index in [1.165, 1.54) is 18.2 Å². The van der Waals surface area contributed by atoms with Crippen molar-refractivity contribution >= 4 is 15.7 Å². The molecule has 2 N–H and O–H groups in total. The van der Waals surface area contributed by atoms with Crippen molar-refractivity contribution in [2.75, 3.05) is 11.5 Å². The van der Waals surface area contributed by atoms with E-state index in [0.29, 0.717) is 0 Å². The maximum atomic E-state index is 13.8. The van der Waals surface area contributed by atoms with E-state index < -0.39 is 38.9 Å². The monoisotopic (exact) mass is 381 g/mol. The predicted molar refractivity (Wildman–Crippen MR) is 91.3 cm³/mol. The molecule has 1 aromatic carbocycles. The van der Waals surface area contributed by atoms with Crippen molar-refractivity contribution in [3.8, 4) is 0 Å². The van der Waals surface area contributed by atoms with Gasteiger partial charge >= 0.3 is 5.69 Å². The summed E-state index contributed by atoms with van der Waals surface area (Å²) in [6.45, 7) is -0.334. The van der Waals surface area contributed by atoms with Crippen LogP contribution in [-0.2, 0) is 16.4 Å². The number of sulfone groups is 1. The van der Waals surface area contributed by atoms with Crippen LogP contribution in [0.1, 0.15) is 22.3 Å². The van der Waals surface area contributed by atoms with Gasteiger partial charge in [-0.2, -0.15) is 0 Å². The molecule has 0 saturated carbocycles. The molecule has 0 radical (unpaired) electrons. The Morgan fingerprint density at radius 3 is 2.69 bits per heavy atom. The van der Waals surface area contributed by atoms with Gasteiger partial charge in [0.05, 0.1) is 18.1 Å². The van der Waals surface area contributed by atoms with E-state index in [2.05, 4.69) is 10.3 Å². The molecule has 1 amide bonds. The fourth-order valence-electron chi connectivity index (χ4n) is 2.79. The molecule has 8 nitrogen and oxygen atoms in total. The maximum Gasteiger partial charge on any atom is 0.328 e. The number of aromatic amines is 1. The standard InChI is InChI=1S/C16H16FN3O5S/c17-13-4-2-1-3-10(13)8-20-15(22)12(7-18-16(20)23)14(21)19-11-5-6-26(24,25)9-11/h1-4,7,11H,5-6,8-9H2,(H,18,23)(H,19,21). The van der Waals surface area contributed by atoms with E-state index >= 15 is 0 Å². The zero-order valence-corrected chi connectivity index (χ0v) is 14.4. The molecule has 1 fully saturated rings. The van der Waals surface area contributed by atoms with Gasteiger partial charge < -0.3 is 10.3 Å². The highest BCUT2D eigenvalue weighted by atomic mass is 32.2. The molecule has 1 saturated heterocycles. The quantitative estimate of drug-likeness (QED) is 0.750. The molecular weight excluding hydrogens is 365 g/mol. The van der Waals surface area contributed by atoms with Gasteiger partial charge in [0.1, 0.15) is 11.4 Å². The van der Waals surface area contributed by atoms with Gasteiger partial charge in [-0.3, -0.25) is 14.2 Å². The van der Waals surface area contributed by atoms with Gasteiger partial charge in [0.15, 0.2) is 9.84 Å². The first-order valence-corrected chi connectivity index (χ1v) is 9.66. The molecule has 1 aliphatic rings. The van der Waals surface area contributed by atoms with Crippen molar-refractivity contribution in [2.24, 2.45) is 0 Å². The first-order valence-electron chi connectivity index (χ1n) is 7.84. The maximum absolute atomic E-state index is 13.8. The summed E-state index contributed by atoms with van der Waals surface area (Å²) in [5, 5.41) is 2.49. The molecule has 3 rings (SSSR count). The lowest BCUT2D eigenvalue weighted by atomic mass is 10.2. The van der Waals surface area contributed by atoms with Crippen molar-refractivity contribution in [3.05, 3.63) is 68.2 Å². The molecule has 10 heteroatoms. The topological polar surface area (TPSA) is 118 Å². The van der Waals surface area contributed by atoms with E-state index in [1.807, 2.05) is 0 Å². The summed E-state index contributed by atoms with van der Waals surface area (Å²) in [7, 11) is -3.19. The number of H-pyrrole nitrogens is 1. The van der Waals surface area contributed by atoms with E-state index in [0.717, 1.165) is 10.8 Å². The van der Waals surface area contributed by atoms with Crippen molar-refractivity contribution in [1.29, 1.82) is 0 Å². The number of aromatic nitrogens is 2. The second kappa shape index (κ2) is 6.87. The number of carbonyl (C=O) groups excluding carboxylic acids is 1. The summed E-state index contributed by atoms with van der Waals surface area (Å²) in [6.07, 6.45) is 1.24. The van der Waals surface area contributed by atoms with Crippen LogP contribution in [0.5, 0.6) is 0 Å². The van der Waals surface area contributed by atoms with Crippen molar-refractivity contribution < 1.29 is 17.6 Å². The largest absolute Gasteiger partial charge is 0.348 e. The summed E-state index contributed by atoms with van der Waals surface area (Å²) < 4.78 is 37.4. The van der Waals surface area contributed by atoms with Crippen LogP contribution in [0.15, 0.2) is 40.1 Å². The molecule has 1 atom stereocenters. The molecule has 26 heavy (non-hydrogen) atoms. The second-order valence-corrected chi connectivity index (χ2v) is 8.29. The van der Waals surface area contributed by atoms with Crippen LogP contribution < -0.4 is 16.6 Å². The summed E-state index contributed by atoms with van der Waals surface area (Å²) in [6, 6.07) is 5.09. The van der Waals surface area contributed by atoms with Crippen molar-refractivity contribution in [2.45, 2.75) is 19.0 Å². The minimum absolute atomic E-state index is 0.0267. The molecule has 1 unspecified atom stereocenters. The number of carbonyl (C=O) groups is 1. The highest BCUT2D eigenvalue weighted by Crippen LogP contribution is 2.11. The number of hydrogen-bond acceptors (Lipinski definition) is 5. The van der Waals surface area contributed by atoms with Crippen molar-refractivity contribution in [1.82, 2.24) is 14.9 Å². The first kappa shape index (κ1) is 18.1. The van der Waals surface area contributed by atoms with Crippen LogP contribution in [0.25, 0.3) is 0 Å². The molecule has 2 heterocycles. The number of benzene rings is 1. The van der Waals surface area contributed by atoms with E-state index in [1.54, 1.807) is 6.07 Å². The van der Waals surface area contributed by atoms with Crippen molar-refractivity contribution in [3.63, 3.8) is 0 Å². The fraction of sp³-hybridized carbons (Fsp3) is 0.312. The zero-order valence-electron chi connectivity index (χ0n) is 13.6. The van der Waals surface area contributed by atoms with E-state index in [4.69, 9.17) is 0 Å². The minimum Gasteiger partial charge on any atom is -0.348 e. The van der Waals surface area contributed by atoms with Crippen LogP contribution >= 0.6 is 0 Å². The predicted octanol–water partition coefficient (Wildman–Crippen LogP) is -0.359. The number of hydrogen-bond donors (Lipinski definition) is 2. The Labute approximate surface area is 147 Å². The molecule has 138 valence electrons. The van der Waals surface area contributed by atoms with Crippen LogP contribution in [0.2, 0.25) is 0 Å². The average molecular weight is 381 g/mol. The van der Waals surface area contributed by atoms with Crippen LogP contribution in [0.3, 0.4) is 0 Å². The molecule has 1 aromatic heterocycles. The highest BCUT2D eigenvalue weighted by Gasteiger charge is 2.30. The number of nitrogens with one attached hydrogen (secondary N) is 2. The second-order valence-electron chi connectivity index (χ2n) is 6.06. The third-order valence-electron chi connectivity index (χ3n) is 4.16. The summed E-state index contributed by atoms with van der Waals surface area (Å²) in [5.74, 6) is -1.58. The lowest BCUT2D eigenvalue weighted by molar-refractivity contribution is 0.0938. The summed E-state index contributed by atoms with van der Waals surface area (Å²) in [4.78, 5) is 39.0. The minimum atomic E-state index is -3.19. The molecular formula is C16H16FN3O5S. The first-order chi connectivity index (χ1) is 12.3. The number of amides is 1. The van der Waals surface area contributed by atoms with E-state index in [-0.39, 0.29) is 35.6 Å². The lowest BCUT2D eigenvalue weighted by Gasteiger charge is -2.11. The van der Waals surface area contributed by atoms with Gasteiger partial charge in [-0.25, -0.2) is 17.6 Å².